The predicted molar refractivity (Wildman–Crippen MR) is 216 cm³/mol. The van der Waals surface area contributed by atoms with E-state index in [1.165, 1.54) is 92.2 Å². The quantitative estimate of drug-likeness (QED) is 0.176. The Morgan fingerprint density at radius 1 is 0.392 bits per heavy atom. The molecule has 2 aromatic heterocycles. The van der Waals surface area contributed by atoms with Crippen molar-refractivity contribution in [3.63, 3.8) is 0 Å². The third-order valence-corrected chi connectivity index (χ3v) is 12.3. The van der Waals surface area contributed by atoms with Gasteiger partial charge < -0.3 is 4.57 Å². The highest BCUT2D eigenvalue weighted by molar-refractivity contribution is 7.26. The summed E-state index contributed by atoms with van der Waals surface area (Å²) in [5.41, 5.74) is 13.6. The van der Waals surface area contributed by atoms with E-state index in [1.54, 1.807) is 0 Å². The van der Waals surface area contributed by atoms with Crippen molar-refractivity contribution >= 4 is 53.3 Å². The fourth-order valence-electron chi connectivity index (χ4n) is 8.95. The van der Waals surface area contributed by atoms with Crippen LogP contribution in [-0.4, -0.2) is 4.57 Å². The van der Waals surface area contributed by atoms with Gasteiger partial charge in [0.15, 0.2) is 0 Å². The van der Waals surface area contributed by atoms with Gasteiger partial charge in [-0.05, 0) is 80.9 Å². The summed E-state index contributed by atoms with van der Waals surface area (Å²) in [6.07, 6.45) is 0. The third kappa shape index (κ3) is 3.97. The van der Waals surface area contributed by atoms with Crippen molar-refractivity contribution in [1.29, 1.82) is 0 Å². The van der Waals surface area contributed by atoms with E-state index in [9.17, 15) is 0 Å². The molecule has 2 heteroatoms. The first-order valence-electron chi connectivity index (χ1n) is 17.6. The minimum Gasteiger partial charge on any atom is -0.308 e. The first kappa shape index (κ1) is 28.6. The molecule has 0 saturated carbocycles. The Balaban J connectivity index is 1.13. The summed E-state index contributed by atoms with van der Waals surface area (Å²) in [6, 6.07) is 69.6. The molecule has 11 rings (SSSR count). The molecule has 0 aliphatic heterocycles. The number of nitrogens with zero attached hydrogens (tertiary/aromatic N) is 1. The van der Waals surface area contributed by atoms with Crippen molar-refractivity contribution in [2.24, 2.45) is 0 Å². The topological polar surface area (TPSA) is 4.93 Å². The van der Waals surface area contributed by atoms with Gasteiger partial charge in [0.2, 0.25) is 0 Å². The molecule has 0 amide bonds. The maximum Gasteiger partial charge on any atom is 0.0713 e. The van der Waals surface area contributed by atoms with Crippen LogP contribution in [0.4, 0.5) is 0 Å². The van der Waals surface area contributed by atoms with Crippen LogP contribution in [-0.2, 0) is 5.41 Å². The van der Waals surface area contributed by atoms with Crippen LogP contribution in [0.2, 0.25) is 0 Å². The lowest BCUT2D eigenvalue weighted by atomic mass is 9.67. The average molecular weight is 666 g/mol. The van der Waals surface area contributed by atoms with E-state index in [2.05, 4.69) is 193 Å². The predicted octanol–water partition coefficient (Wildman–Crippen LogP) is 13.2. The Bertz CT molecular complexity index is 2870. The minimum atomic E-state index is -0.416. The molecule has 1 aliphatic rings. The number of rotatable bonds is 4. The Hall–Kier alpha value is -6.22. The fraction of sp³-hybridized carbons (Fsp3) is 0.0204. The van der Waals surface area contributed by atoms with Crippen molar-refractivity contribution in [3.05, 3.63) is 210 Å². The molecule has 0 N–H and O–H groups in total. The molecule has 0 unspecified atom stereocenters. The Kier molecular flexibility index (Phi) is 6.11. The molecule has 0 fully saturated rings. The molecule has 0 saturated heterocycles. The number of hydrogen-bond acceptors (Lipinski definition) is 1. The summed E-state index contributed by atoms with van der Waals surface area (Å²) in [7, 11) is 0. The van der Waals surface area contributed by atoms with Gasteiger partial charge >= 0.3 is 0 Å². The van der Waals surface area contributed by atoms with Gasteiger partial charge in [0.1, 0.15) is 0 Å². The van der Waals surface area contributed by atoms with E-state index in [0.29, 0.717) is 0 Å². The summed E-state index contributed by atoms with van der Waals surface area (Å²) in [4.78, 5) is 0. The zero-order valence-electron chi connectivity index (χ0n) is 27.8. The van der Waals surface area contributed by atoms with Gasteiger partial charge in [-0.25, -0.2) is 0 Å². The maximum atomic E-state index is 2.47. The SMILES string of the molecule is c1ccc(C2(c3ccccc3)c3ccccc3-c3ccc(-c4ccc5sc6c(-n7c8ccccc8c8ccccc87)cccc6c5c4)cc32)cc1. The molecule has 10 aromatic rings. The second-order valence-corrected chi connectivity index (χ2v) is 14.7. The molecule has 8 aromatic carbocycles. The van der Waals surface area contributed by atoms with Crippen LogP contribution in [0.3, 0.4) is 0 Å². The van der Waals surface area contributed by atoms with Crippen LogP contribution in [0.25, 0.3) is 69.9 Å². The second-order valence-electron chi connectivity index (χ2n) is 13.6. The van der Waals surface area contributed by atoms with E-state index in [4.69, 9.17) is 0 Å². The molecule has 0 atom stereocenters. The van der Waals surface area contributed by atoms with Gasteiger partial charge in [-0.1, -0.05) is 152 Å². The Morgan fingerprint density at radius 3 is 1.69 bits per heavy atom. The Labute approximate surface area is 300 Å². The fourth-order valence-corrected chi connectivity index (χ4v) is 10.1. The number of fused-ring (bicyclic) bond motifs is 9. The number of aromatic nitrogens is 1. The van der Waals surface area contributed by atoms with Gasteiger partial charge in [-0.15, -0.1) is 11.3 Å². The van der Waals surface area contributed by atoms with Gasteiger partial charge in [-0.2, -0.15) is 0 Å². The molecule has 2 heterocycles. The highest BCUT2D eigenvalue weighted by atomic mass is 32.1. The lowest BCUT2D eigenvalue weighted by Crippen LogP contribution is -2.28. The summed E-state index contributed by atoms with van der Waals surface area (Å²) >= 11 is 1.89. The van der Waals surface area contributed by atoms with Crippen molar-refractivity contribution in [1.82, 2.24) is 4.57 Å². The number of para-hydroxylation sites is 2. The van der Waals surface area contributed by atoms with Crippen molar-refractivity contribution in [2.45, 2.75) is 5.41 Å². The van der Waals surface area contributed by atoms with E-state index < -0.39 is 5.41 Å². The first-order chi connectivity index (χ1) is 25.3. The molecular weight excluding hydrogens is 635 g/mol. The zero-order chi connectivity index (χ0) is 33.5. The molecule has 1 aliphatic carbocycles. The average Bonchev–Trinajstić information content (AvgIpc) is 3.85. The van der Waals surface area contributed by atoms with Crippen LogP contribution in [0, 0.1) is 0 Å². The van der Waals surface area contributed by atoms with Gasteiger partial charge in [0.05, 0.1) is 26.8 Å². The lowest BCUT2D eigenvalue weighted by molar-refractivity contribution is 0.769. The minimum absolute atomic E-state index is 0.416. The van der Waals surface area contributed by atoms with Crippen molar-refractivity contribution < 1.29 is 0 Å². The van der Waals surface area contributed by atoms with Gasteiger partial charge in [-0.3, -0.25) is 0 Å². The smallest absolute Gasteiger partial charge is 0.0713 e. The largest absolute Gasteiger partial charge is 0.308 e. The van der Waals surface area contributed by atoms with Crippen LogP contribution < -0.4 is 0 Å². The summed E-state index contributed by atoms with van der Waals surface area (Å²) in [5, 5.41) is 5.17. The highest BCUT2D eigenvalue weighted by Crippen LogP contribution is 2.56. The van der Waals surface area contributed by atoms with Gasteiger partial charge in [0.25, 0.3) is 0 Å². The van der Waals surface area contributed by atoms with E-state index in [-0.39, 0.29) is 0 Å². The van der Waals surface area contributed by atoms with Crippen LogP contribution in [0.5, 0.6) is 0 Å². The van der Waals surface area contributed by atoms with Crippen LogP contribution in [0.15, 0.2) is 188 Å². The van der Waals surface area contributed by atoms with E-state index in [0.717, 1.165) is 0 Å². The van der Waals surface area contributed by atoms with Crippen molar-refractivity contribution in [2.75, 3.05) is 0 Å². The standard InChI is InChI=1S/C49H31NS/c1-3-14-34(15-4-1)49(35-16-5-2-6-17-35)42-22-10-7-18-36(42)37-28-26-33(31-43(37)49)32-27-29-47-41(30-32)40-21-13-25-46(48(40)51-47)50-44-23-11-8-19-38(44)39-20-9-12-24-45(39)50/h1-31H. The second kappa shape index (κ2) is 10.9. The molecule has 51 heavy (non-hydrogen) atoms. The normalized spacial score (nSPS) is 13.3. The monoisotopic (exact) mass is 665 g/mol. The molecule has 0 radical (unpaired) electrons. The third-order valence-electron chi connectivity index (χ3n) is 11.1. The summed E-state index contributed by atoms with van der Waals surface area (Å²) < 4.78 is 5.07. The van der Waals surface area contributed by atoms with Crippen LogP contribution in [0.1, 0.15) is 22.3 Å². The molecule has 1 nitrogen and oxygen atoms in total. The molecule has 0 bridgehead atoms. The van der Waals surface area contributed by atoms with E-state index >= 15 is 0 Å². The van der Waals surface area contributed by atoms with Crippen LogP contribution >= 0.6 is 11.3 Å². The number of thiophene rings is 1. The molecule has 0 spiro atoms. The Morgan fingerprint density at radius 2 is 0.961 bits per heavy atom. The van der Waals surface area contributed by atoms with Gasteiger partial charge in [0, 0.05) is 26.2 Å². The molecular formula is C49H31NS. The lowest BCUT2D eigenvalue weighted by Gasteiger charge is -2.34. The number of benzene rings is 8. The first-order valence-corrected chi connectivity index (χ1v) is 18.4. The van der Waals surface area contributed by atoms with E-state index in [1.807, 2.05) is 11.3 Å². The zero-order valence-corrected chi connectivity index (χ0v) is 28.6. The summed E-state index contributed by atoms with van der Waals surface area (Å²) in [5.74, 6) is 0. The summed E-state index contributed by atoms with van der Waals surface area (Å²) in [6.45, 7) is 0. The molecule has 238 valence electrons. The maximum absolute atomic E-state index is 2.47. The van der Waals surface area contributed by atoms with Crippen molar-refractivity contribution in [3.8, 4) is 27.9 Å². The highest BCUT2D eigenvalue weighted by Gasteiger charge is 2.46. The number of hydrogen-bond donors (Lipinski definition) is 0.